The average molecular weight is 349 g/mol. The summed E-state index contributed by atoms with van der Waals surface area (Å²) in [7, 11) is -3.11. The summed E-state index contributed by atoms with van der Waals surface area (Å²) >= 11 is 0. The molecule has 3 rings (SSSR count). The van der Waals surface area contributed by atoms with Gasteiger partial charge in [0.25, 0.3) is 0 Å². The molecule has 1 N–H and O–H groups in total. The van der Waals surface area contributed by atoms with Gasteiger partial charge in [-0.2, -0.15) is 0 Å². The van der Waals surface area contributed by atoms with Gasteiger partial charge in [0.2, 0.25) is 11.8 Å². The number of anilines is 1. The number of rotatable bonds is 4. The Kier molecular flexibility index (Phi) is 4.40. The Morgan fingerprint density at radius 2 is 1.96 bits per heavy atom. The largest absolute Gasteiger partial charge is 0.403 e. The van der Waals surface area contributed by atoms with Crippen LogP contribution in [0, 0.1) is 5.92 Å². The summed E-state index contributed by atoms with van der Waals surface area (Å²) in [6.07, 6.45) is 0.325. The van der Waals surface area contributed by atoms with Crippen molar-refractivity contribution in [3.63, 3.8) is 0 Å². The third-order valence-electron chi connectivity index (χ3n) is 4.08. The number of sulfone groups is 1. The van der Waals surface area contributed by atoms with Crippen LogP contribution in [0.5, 0.6) is 0 Å². The lowest BCUT2D eigenvalue weighted by atomic mass is 10.0. The first kappa shape index (κ1) is 16.6. The minimum absolute atomic E-state index is 0.0211. The second kappa shape index (κ2) is 6.35. The van der Waals surface area contributed by atoms with Gasteiger partial charge in [-0.1, -0.05) is 31.1 Å². The van der Waals surface area contributed by atoms with E-state index in [0.29, 0.717) is 18.2 Å². The molecule has 1 aliphatic rings. The molecule has 8 heteroatoms. The van der Waals surface area contributed by atoms with Gasteiger partial charge in [0.05, 0.1) is 17.4 Å². The Balaban J connectivity index is 1.68. The quantitative estimate of drug-likeness (QED) is 0.908. The highest BCUT2D eigenvalue weighted by Crippen LogP contribution is 2.24. The van der Waals surface area contributed by atoms with E-state index < -0.39 is 21.7 Å². The lowest BCUT2D eigenvalue weighted by Gasteiger charge is -2.05. The van der Waals surface area contributed by atoms with Crippen LogP contribution in [0.1, 0.15) is 31.7 Å². The van der Waals surface area contributed by atoms with E-state index in [4.69, 9.17) is 4.42 Å². The summed E-state index contributed by atoms with van der Waals surface area (Å²) in [6, 6.07) is 7.74. The highest BCUT2D eigenvalue weighted by atomic mass is 32.2. The zero-order valence-corrected chi connectivity index (χ0v) is 14.3. The van der Waals surface area contributed by atoms with Gasteiger partial charge in [0.1, 0.15) is 0 Å². The van der Waals surface area contributed by atoms with E-state index in [1.54, 1.807) is 0 Å². The molecule has 1 atom stereocenters. The minimum atomic E-state index is -3.11. The lowest BCUT2D eigenvalue weighted by molar-refractivity contribution is -0.119. The van der Waals surface area contributed by atoms with Gasteiger partial charge in [-0.3, -0.25) is 10.1 Å². The topological polar surface area (TPSA) is 102 Å². The number of hydrogen-bond acceptors (Lipinski definition) is 6. The second-order valence-corrected chi connectivity index (χ2v) is 8.51. The van der Waals surface area contributed by atoms with E-state index in [0.717, 1.165) is 5.56 Å². The minimum Gasteiger partial charge on any atom is -0.403 e. The molecule has 0 spiro atoms. The molecule has 1 fully saturated rings. The van der Waals surface area contributed by atoms with Gasteiger partial charge in [-0.15, -0.1) is 5.10 Å². The van der Waals surface area contributed by atoms with Gasteiger partial charge in [0.15, 0.2) is 9.84 Å². The third-order valence-corrected chi connectivity index (χ3v) is 5.85. The van der Waals surface area contributed by atoms with Crippen molar-refractivity contribution in [1.29, 1.82) is 0 Å². The van der Waals surface area contributed by atoms with Crippen molar-refractivity contribution in [3.8, 4) is 11.5 Å². The van der Waals surface area contributed by atoms with Crippen molar-refractivity contribution < 1.29 is 17.6 Å². The number of nitrogens with one attached hydrogen (secondary N) is 1. The first-order valence-corrected chi connectivity index (χ1v) is 9.61. The number of carbonyl (C=O) groups excluding carboxylic acids is 1. The molecule has 1 unspecified atom stereocenters. The summed E-state index contributed by atoms with van der Waals surface area (Å²) in [5, 5.41) is 10.2. The number of nitrogens with zero attached hydrogens (tertiary/aromatic N) is 2. The van der Waals surface area contributed by atoms with Crippen LogP contribution in [0.15, 0.2) is 28.7 Å². The van der Waals surface area contributed by atoms with Gasteiger partial charge >= 0.3 is 6.01 Å². The van der Waals surface area contributed by atoms with E-state index in [2.05, 4.69) is 29.4 Å². The van der Waals surface area contributed by atoms with Gasteiger partial charge in [0, 0.05) is 5.56 Å². The van der Waals surface area contributed by atoms with Crippen LogP contribution in [-0.4, -0.2) is 36.0 Å². The fraction of sp³-hybridized carbons (Fsp3) is 0.438. The average Bonchev–Trinajstić information content (AvgIpc) is 3.14. The van der Waals surface area contributed by atoms with Gasteiger partial charge < -0.3 is 4.42 Å². The Morgan fingerprint density at radius 1 is 1.25 bits per heavy atom. The predicted molar refractivity (Wildman–Crippen MR) is 89.2 cm³/mol. The van der Waals surface area contributed by atoms with Crippen molar-refractivity contribution in [2.24, 2.45) is 5.92 Å². The zero-order valence-electron chi connectivity index (χ0n) is 13.5. The number of benzene rings is 1. The standard InChI is InChI=1S/C16H19N3O4S/c1-10(2)11-3-5-12(6-4-11)15-18-19-16(23-15)17-14(20)13-7-8-24(21,22)9-13/h3-6,10,13H,7-9H2,1-2H3,(H,17,19,20). The van der Waals surface area contributed by atoms with Crippen LogP contribution in [0.3, 0.4) is 0 Å². The van der Waals surface area contributed by atoms with Crippen LogP contribution in [-0.2, 0) is 14.6 Å². The van der Waals surface area contributed by atoms with Gasteiger partial charge in [-0.25, -0.2) is 8.42 Å². The van der Waals surface area contributed by atoms with Crippen LogP contribution < -0.4 is 5.32 Å². The normalized spacial score (nSPS) is 19.5. The molecular weight excluding hydrogens is 330 g/mol. The molecule has 0 saturated carbocycles. The summed E-state index contributed by atoms with van der Waals surface area (Å²) in [5.41, 5.74) is 1.96. The van der Waals surface area contributed by atoms with E-state index in [1.165, 1.54) is 5.56 Å². The number of amides is 1. The predicted octanol–water partition coefficient (Wildman–Crippen LogP) is 2.23. The molecule has 1 amide bonds. The first-order chi connectivity index (χ1) is 11.3. The molecule has 7 nitrogen and oxygen atoms in total. The Hall–Kier alpha value is -2.22. The Labute approximate surface area is 140 Å². The fourth-order valence-corrected chi connectivity index (χ4v) is 4.35. The molecule has 1 aromatic carbocycles. The molecule has 2 heterocycles. The molecule has 0 radical (unpaired) electrons. The van der Waals surface area contributed by atoms with Crippen molar-refractivity contribution in [2.45, 2.75) is 26.2 Å². The maximum Gasteiger partial charge on any atom is 0.322 e. The lowest BCUT2D eigenvalue weighted by Crippen LogP contribution is -2.23. The zero-order chi connectivity index (χ0) is 17.3. The molecule has 128 valence electrons. The molecule has 24 heavy (non-hydrogen) atoms. The smallest absolute Gasteiger partial charge is 0.322 e. The van der Waals surface area contributed by atoms with Crippen molar-refractivity contribution in [2.75, 3.05) is 16.8 Å². The van der Waals surface area contributed by atoms with Crippen LogP contribution in [0.25, 0.3) is 11.5 Å². The Bertz CT molecular complexity index is 840. The van der Waals surface area contributed by atoms with E-state index in [9.17, 15) is 13.2 Å². The molecule has 0 bridgehead atoms. The molecule has 0 aliphatic carbocycles. The summed E-state index contributed by atoms with van der Waals surface area (Å²) < 4.78 is 28.3. The second-order valence-electron chi connectivity index (χ2n) is 6.28. The molecular formula is C16H19N3O4S. The van der Waals surface area contributed by atoms with Crippen LogP contribution >= 0.6 is 0 Å². The first-order valence-electron chi connectivity index (χ1n) is 7.79. The van der Waals surface area contributed by atoms with Crippen molar-refractivity contribution in [3.05, 3.63) is 29.8 Å². The number of aromatic nitrogens is 2. The molecule has 2 aromatic rings. The molecule has 1 aliphatic heterocycles. The highest BCUT2D eigenvalue weighted by molar-refractivity contribution is 7.91. The fourth-order valence-electron chi connectivity index (χ4n) is 2.61. The maximum atomic E-state index is 12.1. The summed E-state index contributed by atoms with van der Waals surface area (Å²) in [5.74, 6) is -0.310. The summed E-state index contributed by atoms with van der Waals surface area (Å²) in [4.78, 5) is 12.1. The third kappa shape index (κ3) is 3.64. The van der Waals surface area contributed by atoms with Gasteiger partial charge in [-0.05, 0) is 30.0 Å². The van der Waals surface area contributed by atoms with Crippen LogP contribution in [0.4, 0.5) is 6.01 Å². The van der Waals surface area contributed by atoms with Crippen molar-refractivity contribution >= 4 is 21.8 Å². The maximum absolute atomic E-state index is 12.1. The monoisotopic (exact) mass is 349 g/mol. The van der Waals surface area contributed by atoms with E-state index >= 15 is 0 Å². The molecule has 1 aromatic heterocycles. The van der Waals surface area contributed by atoms with E-state index in [-0.39, 0.29) is 17.5 Å². The number of hydrogen-bond donors (Lipinski definition) is 1. The van der Waals surface area contributed by atoms with E-state index in [1.807, 2.05) is 24.3 Å². The molecule has 1 saturated heterocycles. The van der Waals surface area contributed by atoms with Crippen molar-refractivity contribution in [1.82, 2.24) is 10.2 Å². The SMILES string of the molecule is CC(C)c1ccc(-c2nnc(NC(=O)C3CCS(=O)(=O)C3)o2)cc1. The highest BCUT2D eigenvalue weighted by Gasteiger charge is 2.33. The summed E-state index contributed by atoms with van der Waals surface area (Å²) in [6.45, 7) is 4.22. The van der Waals surface area contributed by atoms with Crippen LogP contribution in [0.2, 0.25) is 0 Å². The Morgan fingerprint density at radius 3 is 2.54 bits per heavy atom. The number of carbonyl (C=O) groups is 1.